The Bertz CT molecular complexity index is 3180. The smallest absolute Gasteiger partial charge is 0.238 e. The molecule has 5 heteroatoms. The molecule has 0 N–H and O–H groups in total. The molecule has 0 radical (unpaired) electrons. The Morgan fingerprint density at radius 2 is 0.732 bits per heavy atom. The molecule has 5 nitrogen and oxygen atoms in total. The lowest BCUT2D eigenvalue weighted by molar-refractivity contribution is 0.952. The van der Waals surface area contributed by atoms with Crippen LogP contribution in [-0.2, 0) is 0 Å². The molecule has 0 aliphatic carbocycles. The van der Waals surface area contributed by atoms with Crippen LogP contribution in [0.15, 0.2) is 200 Å². The van der Waals surface area contributed by atoms with Crippen LogP contribution >= 0.6 is 0 Å². The minimum atomic E-state index is 0.561. The second kappa shape index (κ2) is 13.0. The van der Waals surface area contributed by atoms with Crippen molar-refractivity contribution in [3.05, 3.63) is 200 Å². The predicted molar refractivity (Wildman–Crippen MR) is 230 cm³/mol. The average Bonchev–Trinajstić information content (AvgIpc) is 3.79. The van der Waals surface area contributed by atoms with Crippen LogP contribution in [0.5, 0.6) is 0 Å². The molecule has 11 rings (SSSR count). The van der Waals surface area contributed by atoms with Crippen molar-refractivity contribution in [2.45, 2.75) is 0 Å². The van der Waals surface area contributed by atoms with Gasteiger partial charge < -0.3 is 4.57 Å². The minimum Gasteiger partial charge on any atom is -0.309 e. The number of fused-ring (bicyclic) bond motifs is 6. The average molecular weight is 716 g/mol. The summed E-state index contributed by atoms with van der Waals surface area (Å²) in [4.78, 5) is 16.0. The first-order valence-electron chi connectivity index (χ1n) is 18.9. The molecule has 11 aromatic rings. The highest BCUT2D eigenvalue weighted by molar-refractivity contribution is 6.11. The van der Waals surface area contributed by atoms with Crippen LogP contribution in [0.3, 0.4) is 0 Å². The van der Waals surface area contributed by atoms with Gasteiger partial charge in [-0.2, -0.15) is 9.97 Å². The van der Waals surface area contributed by atoms with Gasteiger partial charge in [-0.25, -0.2) is 4.98 Å². The number of hydrogen-bond acceptors (Lipinski definition) is 3. The lowest BCUT2D eigenvalue weighted by Gasteiger charge is -2.15. The fourth-order valence-electron chi connectivity index (χ4n) is 8.19. The summed E-state index contributed by atoms with van der Waals surface area (Å²) in [5.74, 6) is 1.76. The first-order chi connectivity index (χ1) is 27.8. The number of nitrogens with zero attached hydrogens (tertiary/aromatic N) is 5. The number of benzene rings is 8. The van der Waals surface area contributed by atoms with Gasteiger partial charge in [-0.05, 0) is 58.7 Å². The summed E-state index contributed by atoms with van der Waals surface area (Å²) < 4.78 is 4.54. The molecule has 0 atom stereocenters. The van der Waals surface area contributed by atoms with E-state index in [1.165, 1.54) is 10.8 Å². The molecule has 3 heterocycles. The summed E-state index contributed by atoms with van der Waals surface area (Å²) in [5, 5.41) is 4.69. The van der Waals surface area contributed by atoms with E-state index >= 15 is 0 Å². The van der Waals surface area contributed by atoms with Crippen molar-refractivity contribution in [2.75, 3.05) is 0 Å². The summed E-state index contributed by atoms with van der Waals surface area (Å²) in [6, 6.07) is 70.3. The second-order valence-corrected chi connectivity index (χ2v) is 14.1. The third-order valence-electron chi connectivity index (χ3n) is 10.8. The largest absolute Gasteiger partial charge is 0.309 e. The van der Waals surface area contributed by atoms with Crippen LogP contribution in [0.25, 0.3) is 100 Å². The molecule has 0 unspecified atom stereocenters. The van der Waals surface area contributed by atoms with Gasteiger partial charge in [0.1, 0.15) is 0 Å². The van der Waals surface area contributed by atoms with Crippen molar-refractivity contribution in [3.63, 3.8) is 0 Å². The monoisotopic (exact) mass is 715 g/mol. The Kier molecular flexibility index (Phi) is 7.42. The molecular weight excluding hydrogens is 683 g/mol. The van der Waals surface area contributed by atoms with Gasteiger partial charge in [-0.1, -0.05) is 164 Å². The number of aromatic nitrogens is 5. The zero-order valence-corrected chi connectivity index (χ0v) is 30.3. The summed E-state index contributed by atoms with van der Waals surface area (Å²) in [7, 11) is 0. The highest BCUT2D eigenvalue weighted by atomic mass is 15.2. The maximum Gasteiger partial charge on any atom is 0.238 e. The number of hydrogen-bond donors (Lipinski definition) is 0. The van der Waals surface area contributed by atoms with Crippen molar-refractivity contribution in [1.82, 2.24) is 24.1 Å². The minimum absolute atomic E-state index is 0.561. The molecule has 0 aliphatic rings. The molecule has 0 fully saturated rings. The zero-order chi connectivity index (χ0) is 37.0. The van der Waals surface area contributed by atoms with E-state index in [1.54, 1.807) is 0 Å². The Morgan fingerprint density at radius 3 is 1.38 bits per heavy atom. The fraction of sp³-hybridized carbons (Fsp3) is 0. The van der Waals surface area contributed by atoms with Crippen molar-refractivity contribution >= 4 is 43.6 Å². The van der Waals surface area contributed by atoms with Gasteiger partial charge in [0.2, 0.25) is 5.95 Å². The van der Waals surface area contributed by atoms with Gasteiger partial charge in [0.05, 0.1) is 27.8 Å². The van der Waals surface area contributed by atoms with Crippen molar-refractivity contribution in [1.29, 1.82) is 0 Å². The quantitative estimate of drug-likeness (QED) is 0.172. The van der Waals surface area contributed by atoms with E-state index in [-0.39, 0.29) is 0 Å². The molecule has 262 valence electrons. The molecule has 0 saturated heterocycles. The SMILES string of the molecule is c1ccc(-c2ccc(-c3nc(-c4ccccc4-n4c5ccccc5c5ccccc54)nc(-n4c5ccccc5c5ccc(-c6ccccc6)cc54)n3)cc2)cc1. The molecule has 0 saturated carbocycles. The van der Waals surface area contributed by atoms with E-state index in [0.29, 0.717) is 17.6 Å². The first-order valence-corrected chi connectivity index (χ1v) is 18.9. The van der Waals surface area contributed by atoms with Gasteiger partial charge in [0, 0.05) is 32.7 Å². The van der Waals surface area contributed by atoms with Crippen LogP contribution in [-0.4, -0.2) is 24.1 Å². The van der Waals surface area contributed by atoms with Crippen LogP contribution in [0.4, 0.5) is 0 Å². The Morgan fingerprint density at radius 1 is 0.286 bits per heavy atom. The van der Waals surface area contributed by atoms with Crippen LogP contribution in [0.1, 0.15) is 0 Å². The van der Waals surface area contributed by atoms with Gasteiger partial charge in [0.15, 0.2) is 11.6 Å². The van der Waals surface area contributed by atoms with Crippen molar-refractivity contribution < 1.29 is 0 Å². The van der Waals surface area contributed by atoms with Crippen molar-refractivity contribution in [3.8, 4) is 56.7 Å². The van der Waals surface area contributed by atoms with Crippen LogP contribution < -0.4 is 0 Å². The van der Waals surface area contributed by atoms with Gasteiger partial charge in [0.25, 0.3) is 0 Å². The summed E-state index contributed by atoms with van der Waals surface area (Å²) in [6.45, 7) is 0. The van der Waals surface area contributed by atoms with Crippen molar-refractivity contribution in [2.24, 2.45) is 0 Å². The highest BCUT2D eigenvalue weighted by Gasteiger charge is 2.21. The first kappa shape index (κ1) is 31.9. The highest BCUT2D eigenvalue weighted by Crippen LogP contribution is 2.38. The Hall–Kier alpha value is -7.63. The number of rotatable bonds is 6. The zero-order valence-electron chi connectivity index (χ0n) is 30.3. The molecule has 3 aromatic heterocycles. The number of para-hydroxylation sites is 4. The van der Waals surface area contributed by atoms with E-state index in [2.05, 4.69) is 203 Å². The van der Waals surface area contributed by atoms with Gasteiger partial charge >= 0.3 is 0 Å². The molecule has 0 bridgehead atoms. The standard InChI is InChI=1S/C51H33N5/c1-3-15-34(16-4-1)36-27-29-37(30-28-36)49-52-50(43-22-10-14-26-47(43)55-44-23-11-7-19-39(44)40-20-8-12-24-45(40)55)54-51(53-49)56-46-25-13-9-21-41(46)42-32-31-38(33-48(42)56)35-17-5-2-6-18-35/h1-33H. The fourth-order valence-corrected chi connectivity index (χ4v) is 8.19. The van der Waals surface area contributed by atoms with E-state index in [9.17, 15) is 0 Å². The van der Waals surface area contributed by atoms with Gasteiger partial charge in [-0.3, -0.25) is 4.57 Å². The Balaban J connectivity index is 1.18. The predicted octanol–water partition coefficient (Wildman–Crippen LogP) is 12.7. The summed E-state index contributed by atoms with van der Waals surface area (Å²) in [5.41, 5.74) is 11.7. The topological polar surface area (TPSA) is 48.5 Å². The molecule has 0 amide bonds. The van der Waals surface area contributed by atoms with E-state index in [0.717, 1.165) is 71.9 Å². The lowest BCUT2D eigenvalue weighted by atomic mass is 10.0. The van der Waals surface area contributed by atoms with E-state index < -0.39 is 0 Å². The maximum absolute atomic E-state index is 5.40. The maximum atomic E-state index is 5.40. The Labute approximate surface area is 323 Å². The third kappa shape index (κ3) is 5.21. The van der Waals surface area contributed by atoms with E-state index in [4.69, 9.17) is 15.0 Å². The third-order valence-corrected chi connectivity index (χ3v) is 10.8. The lowest BCUT2D eigenvalue weighted by Crippen LogP contribution is -2.08. The molecule has 0 spiro atoms. The van der Waals surface area contributed by atoms with Crippen LogP contribution in [0, 0.1) is 0 Å². The molecular formula is C51H33N5. The summed E-state index contributed by atoms with van der Waals surface area (Å²) >= 11 is 0. The molecule has 56 heavy (non-hydrogen) atoms. The van der Waals surface area contributed by atoms with Crippen LogP contribution in [0.2, 0.25) is 0 Å². The second-order valence-electron chi connectivity index (χ2n) is 14.1. The van der Waals surface area contributed by atoms with Gasteiger partial charge in [-0.15, -0.1) is 0 Å². The summed E-state index contributed by atoms with van der Waals surface area (Å²) in [6.07, 6.45) is 0. The molecule has 8 aromatic carbocycles. The normalized spacial score (nSPS) is 11.6. The van der Waals surface area contributed by atoms with E-state index in [1.807, 2.05) is 6.07 Å². The molecule has 0 aliphatic heterocycles.